The van der Waals surface area contributed by atoms with Crippen molar-refractivity contribution in [3.8, 4) is 0 Å². The molecule has 2 rings (SSSR count). The maximum Gasteiger partial charge on any atom is 0.0931 e. The lowest BCUT2D eigenvalue weighted by atomic mass is 10.0. The SMILES string of the molecule is CC1CCCC(NC(C)c2ccc(Cl)s2)CC1. The second-order valence-corrected chi connectivity index (χ2v) is 7.09. The zero-order chi connectivity index (χ0) is 12.3. The highest BCUT2D eigenvalue weighted by molar-refractivity contribution is 7.16. The molecule has 1 saturated carbocycles. The van der Waals surface area contributed by atoms with Gasteiger partial charge in [0.1, 0.15) is 0 Å². The number of halogens is 1. The lowest BCUT2D eigenvalue weighted by Crippen LogP contribution is -2.30. The molecule has 3 atom stereocenters. The van der Waals surface area contributed by atoms with Gasteiger partial charge in [-0.15, -0.1) is 11.3 Å². The van der Waals surface area contributed by atoms with E-state index in [1.54, 1.807) is 11.3 Å². The molecule has 0 amide bonds. The molecule has 3 unspecified atom stereocenters. The van der Waals surface area contributed by atoms with Gasteiger partial charge in [-0.2, -0.15) is 0 Å². The van der Waals surface area contributed by atoms with Gasteiger partial charge in [-0.3, -0.25) is 0 Å². The van der Waals surface area contributed by atoms with E-state index in [2.05, 4.69) is 25.2 Å². The van der Waals surface area contributed by atoms with Crippen molar-refractivity contribution < 1.29 is 0 Å². The van der Waals surface area contributed by atoms with Gasteiger partial charge in [-0.1, -0.05) is 31.4 Å². The maximum absolute atomic E-state index is 5.98. The largest absolute Gasteiger partial charge is 0.307 e. The lowest BCUT2D eigenvalue weighted by Gasteiger charge is -2.21. The minimum Gasteiger partial charge on any atom is -0.307 e. The van der Waals surface area contributed by atoms with Crippen molar-refractivity contribution in [3.63, 3.8) is 0 Å². The predicted molar refractivity (Wildman–Crippen MR) is 76.9 cm³/mol. The van der Waals surface area contributed by atoms with E-state index in [4.69, 9.17) is 11.6 Å². The van der Waals surface area contributed by atoms with Crippen molar-refractivity contribution in [2.75, 3.05) is 0 Å². The van der Waals surface area contributed by atoms with Gasteiger partial charge in [0.2, 0.25) is 0 Å². The maximum atomic E-state index is 5.98. The highest BCUT2D eigenvalue weighted by Crippen LogP contribution is 2.29. The molecular weight excluding hydrogens is 250 g/mol. The van der Waals surface area contributed by atoms with Crippen molar-refractivity contribution in [1.29, 1.82) is 0 Å². The Kier molecular flexibility index (Phi) is 4.89. The summed E-state index contributed by atoms with van der Waals surface area (Å²) < 4.78 is 0.892. The number of hydrogen-bond donors (Lipinski definition) is 1. The summed E-state index contributed by atoms with van der Waals surface area (Å²) in [5.41, 5.74) is 0. The van der Waals surface area contributed by atoms with Crippen molar-refractivity contribution in [3.05, 3.63) is 21.3 Å². The first-order valence-corrected chi connectivity index (χ1v) is 7.86. The van der Waals surface area contributed by atoms with Crippen molar-refractivity contribution in [2.45, 2.75) is 58.0 Å². The Morgan fingerprint density at radius 2 is 2.12 bits per heavy atom. The molecule has 1 fully saturated rings. The van der Waals surface area contributed by atoms with E-state index in [1.165, 1.54) is 37.0 Å². The normalized spacial score (nSPS) is 27.7. The van der Waals surface area contributed by atoms with E-state index < -0.39 is 0 Å². The topological polar surface area (TPSA) is 12.0 Å². The Balaban J connectivity index is 1.87. The average molecular weight is 272 g/mol. The van der Waals surface area contributed by atoms with E-state index in [-0.39, 0.29) is 0 Å². The van der Waals surface area contributed by atoms with E-state index in [0.717, 1.165) is 10.3 Å². The van der Waals surface area contributed by atoms with Crippen LogP contribution in [-0.2, 0) is 0 Å². The van der Waals surface area contributed by atoms with Crippen molar-refractivity contribution in [2.24, 2.45) is 5.92 Å². The molecule has 96 valence electrons. The predicted octanol–water partition coefficient (Wildman–Crippen LogP) is 5.02. The Morgan fingerprint density at radius 1 is 1.29 bits per heavy atom. The Morgan fingerprint density at radius 3 is 2.82 bits per heavy atom. The van der Waals surface area contributed by atoms with Gasteiger partial charge in [0.15, 0.2) is 0 Å². The van der Waals surface area contributed by atoms with E-state index in [1.807, 2.05) is 6.07 Å². The van der Waals surface area contributed by atoms with E-state index in [9.17, 15) is 0 Å². The second-order valence-electron chi connectivity index (χ2n) is 5.34. The third-order valence-electron chi connectivity index (χ3n) is 3.76. The fraction of sp³-hybridized carbons (Fsp3) is 0.714. The minimum absolute atomic E-state index is 0.436. The van der Waals surface area contributed by atoms with E-state index in [0.29, 0.717) is 12.1 Å². The first-order chi connectivity index (χ1) is 8.15. The summed E-state index contributed by atoms with van der Waals surface area (Å²) in [5.74, 6) is 0.910. The molecule has 1 aliphatic carbocycles. The Bertz CT molecular complexity index is 350. The fourth-order valence-corrected chi connectivity index (χ4v) is 3.72. The van der Waals surface area contributed by atoms with Gasteiger partial charge in [0.05, 0.1) is 4.34 Å². The van der Waals surface area contributed by atoms with Crippen LogP contribution in [0, 0.1) is 5.92 Å². The summed E-state index contributed by atoms with van der Waals surface area (Å²) in [6.45, 7) is 4.63. The zero-order valence-electron chi connectivity index (χ0n) is 10.7. The second kappa shape index (κ2) is 6.21. The van der Waals surface area contributed by atoms with Gasteiger partial charge < -0.3 is 5.32 Å². The number of nitrogens with one attached hydrogen (secondary N) is 1. The molecule has 0 bridgehead atoms. The molecule has 1 aliphatic rings. The van der Waals surface area contributed by atoms with Crippen LogP contribution < -0.4 is 5.32 Å². The Labute approximate surface area is 114 Å². The Hall–Kier alpha value is -0.0500. The van der Waals surface area contributed by atoms with Crippen LogP contribution in [0.4, 0.5) is 0 Å². The van der Waals surface area contributed by atoms with Gasteiger partial charge in [-0.25, -0.2) is 0 Å². The molecule has 1 N–H and O–H groups in total. The quantitative estimate of drug-likeness (QED) is 0.761. The highest BCUT2D eigenvalue weighted by Gasteiger charge is 2.18. The average Bonchev–Trinajstić information content (AvgIpc) is 2.62. The molecular formula is C14H22ClNS. The van der Waals surface area contributed by atoms with Crippen LogP contribution >= 0.6 is 22.9 Å². The molecule has 3 heteroatoms. The third-order valence-corrected chi connectivity index (χ3v) is 5.18. The number of hydrogen-bond acceptors (Lipinski definition) is 2. The minimum atomic E-state index is 0.436. The summed E-state index contributed by atoms with van der Waals surface area (Å²) in [7, 11) is 0. The molecule has 0 aromatic carbocycles. The smallest absolute Gasteiger partial charge is 0.0931 e. The molecule has 1 aromatic heterocycles. The van der Waals surface area contributed by atoms with Crippen molar-refractivity contribution in [1.82, 2.24) is 5.32 Å². The monoisotopic (exact) mass is 271 g/mol. The van der Waals surface area contributed by atoms with Gasteiger partial charge in [0, 0.05) is 17.0 Å². The van der Waals surface area contributed by atoms with Crippen LogP contribution in [-0.4, -0.2) is 6.04 Å². The first kappa shape index (κ1) is 13.4. The van der Waals surface area contributed by atoms with Crippen LogP contribution in [0.25, 0.3) is 0 Å². The molecule has 1 heterocycles. The van der Waals surface area contributed by atoms with Gasteiger partial charge in [-0.05, 0) is 44.2 Å². The van der Waals surface area contributed by atoms with Gasteiger partial charge in [0.25, 0.3) is 0 Å². The van der Waals surface area contributed by atoms with Gasteiger partial charge >= 0.3 is 0 Å². The molecule has 0 saturated heterocycles. The first-order valence-electron chi connectivity index (χ1n) is 6.66. The molecule has 1 nitrogen and oxygen atoms in total. The van der Waals surface area contributed by atoms with E-state index >= 15 is 0 Å². The van der Waals surface area contributed by atoms with Crippen LogP contribution in [0.15, 0.2) is 12.1 Å². The van der Waals surface area contributed by atoms with Crippen LogP contribution in [0.3, 0.4) is 0 Å². The third kappa shape index (κ3) is 3.97. The molecule has 0 aliphatic heterocycles. The van der Waals surface area contributed by atoms with Crippen LogP contribution in [0.5, 0.6) is 0 Å². The lowest BCUT2D eigenvalue weighted by molar-refractivity contribution is 0.411. The fourth-order valence-electron chi connectivity index (χ4n) is 2.65. The molecule has 0 radical (unpaired) electrons. The van der Waals surface area contributed by atoms with Crippen molar-refractivity contribution >= 4 is 22.9 Å². The molecule has 0 spiro atoms. The highest BCUT2D eigenvalue weighted by atomic mass is 35.5. The number of thiophene rings is 1. The summed E-state index contributed by atoms with van der Waals surface area (Å²) in [4.78, 5) is 1.35. The standard InChI is InChI=1S/C14H22ClNS/c1-10-4-3-5-12(7-6-10)16-11(2)13-8-9-14(15)17-13/h8-12,16H,3-7H2,1-2H3. The summed E-state index contributed by atoms with van der Waals surface area (Å²) >= 11 is 7.68. The molecule has 1 aromatic rings. The summed E-state index contributed by atoms with van der Waals surface area (Å²) in [6.07, 6.45) is 6.79. The van der Waals surface area contributed by atoms with Crippen LogP contribution in [0.1, 0.15) is 56.9 Å². The number of rotatable bonds is 3. The zero-order valence-corrected chi connectivity index (χ0v) is 12.3. The molecule has 17 heavy (non-hydrogen) atoms. The summed E-state index contributed by atoms with van der Waals surface area (Å²) in [5, 5.41) is 3.76. The summed E-state index contributed by atoms with van der Waals surface area (Å²) in [6, 6.07) is 5.26. The van der Waals surface area contributed by atoms with Crippen LogP contribution in [0.2, 0.25) is 4.34 Å².